The van der Waals surface area contributed by atoms with Gasteiger partial charge in [-0.2, -0.15) is 0 Å². The Hall–Kier alpha value is -1.66. The second kappa shape index (κ2) is 7.27. The third kappa shape index (κ3) is 4.00. The zero-order valence-corrected chi connectivity index (χ0v) is 14.5. The molecule has 0 bridgehead atoms. The van der Waals surface area contributed by atoms with Crippen molar-refractivity contribution >= 4 is 12.2 Å². The highest BCUT2D eigenvalue weighted by atomic mass is 32.1. The van der Waals surface area contributed by atoms with E-state index in [0.29, 0.717) is 24.0 Å². The van der Waals surface area contributed by atoms with Crippen LogP contribution in [0.25, 0.3) is 11.5 Å². The minimum atomic E-state index is 0.424. The van der Waals surface area contributed by atoms with Crippen LogP contribution in [0, 0.1) is 10.8 Å². The van der Waals surface area contributed by atoms with Crippen molar-refractivity contribution in [2.24, 2.45) is 5.92 Å². The van der Waals surface area contributed by atoms with Gasteiger partial charge in [-0.25, -0.2) is 4.68 Å². The highest BCUT2D eigenvalue weighted by Gasteiger charge is 2.17. The molecule has 2 heterocycles. The minimum Gasteiger partial charge on any atom is -0.494 e. The normalized spacial score (nSPS) is 16.6. The van der Waals surface area contributed by atoms with Crippen LogP contribution in [0.5, 0.6) is 5.75 Å². The molecule has 23 heavy (non-hydrogen) atoms. The minimum absolute atomic E-state index is 0.424. The fourth-order valence-electron chi connectivity index (χ4n) is 2.77. The first kappa shape index (κ1) is 16.2. The number of nitrogens with zero attached hydrogens (tertiary/aromatic N) is 3. The summed E-state index contributed by atoms with van der Waals surface area (Å²) in [5.41, 5.74) is 0.908. The molecule has 1 saturated heterocycles. The molecule has 6 heteroatoms. The predicted molar refractivity (Wildman–Crippen MR) is 91.9 cm³/mol. The van der Waals surface area contributed by atoms with Gasteiger partial charge in [0, 0.05) is 18.7 Å². The average Bonchev–Trinajstić information content (AvgIpc) is 2.92. The average molecular weight is 333 g/mol. The predicted octanol–water partition coefficient (Wildman–Crippen LogP) is 3.96. The van der Waals surface area contributed by atoms with E-state index in [4.69, 9.17) is 21.4 Å². The number of hydrogen-bond acceptors (Lipinski definition) is 5. The van der Waals surface area contributed by atoms with Gasteiger partial charge in [-0.15, -0.1) is 5.10 Å². The van der Waals surface area contributed by atoms with Crippen LogP contribution in [0.3, 0.4) is 0 Å². The monoisotopic (exact) mass is 333 g/mol. The lowest BCUT2D eigenvalue weighted by molar-refractivity contribution is 0.144. The number of piperidine rings is 1. The van der Waals surface area contributed by atoms with Crippen molar-refractivity contribution in [1.82, 2.24) is 14.7 Å². The van der Waals surface area contributed by atoms with Crippen molar-refractivity contribution in [1.29, 1.82) is 0 Å². The maximum atomic E-state index is 5.66. The van der Waals surface area contributed by atoms with Crippen LogP contribution in [0.4, 0.5) is 0 Å². The van der Waals surface area contributed by atoms with Crippen molar-refractivity contribution in [2.75, 3.05) is 19.7 Å². The summed E-state index contributed by atoms with van der Waals surface area (Å²) in [6.07, 6.45) is 2.47. The van der Waals surface area contributed by atoms with Crippen LogP contribution >= 0.6 is 12.2 Å². The highest BCUT2D eigenvalue weighted by molar-refractivity contribution is 7.71. The molecule has 0 spiro atoms. The molecule has 0 atom stereocenters. The lowest BCUT2D eigenvalue weighted by Crippen LogP contribution is -2.34. The quantitative estimate of drug-likeness (QED) is 0.775. The Morgan fingerprint density at radius 3 is 2.61 bits per heavy atom. The van der Waals surface area contributed by atoms with E-state index in [-0.39, 0.29) is 0 Å². The molecule has 0 aliphatic carbocycles. The van der Waals surface area contributed by atoms with E-state index in [2.05, 4.69) is 16.9 Å². The summed E-state index contributed by atoms with van der Waals surface area (Å²) < 4.78 is 12.9. The van der Waals surface area contributed by atoms with Crippen LogP contribution < -0.4 is 4.74 Å². The van der Waals surface area contributed by atoms with E-state index in [1.165, 1.54) is 12.8 Å². The third-order valence-corrected chi connectivity index (χ3v) is 4.52. The van der Waals surface area contributed by atoms with Gasteiger partial charge in [0.1, 0.15) is 5.75 Å². The van der Waals surface area contributed by atoms with Gasteiger partial charge in [0.2, 0.25) is 5.89 Å². The molecule has 1 aromatic carbocycles. The van der Waals surface area contributed by atoms with Crippen LogP contribution in [-0.4, -0.2) is 34.4 Å². The summed E-state index contributed by atoms with van der Waals surface area (Å²) in [4.78, 5) is 2.80. The topological polar surface area (TPSA) is 43.4 Å². The molecule has 0 unspecified atom stereocenters. The van der Waals surface area contributed by atoms with Gasteiger partial charge < -0.3 is 9.15 Å². The molecule has 1 aromatic heterocycles. The van der Waals surface area contributed by atoms with Gasteiger partial charge in [0.25, 0.3) is 4.84 Å². The lowest BCUT2D eigenvalue weighted by atomic mass is 10.00. The van der Waals surface area contributed by atoms with Crippen LogP contribution in [0.15, 0.2) is 28.7 Å². The molecular weight excluding hydrogens is 310 g/mol. The maximum absolute atomic E-state index is 5.66. The van der Waals surface area contributed by atoms with Gasteiger partial charge in [-0.3, -0.25) is 4.90 Å². The van der Waals surface area contributed by atoms with Gasteiger partial charge >= 0.3 is 0 Å². The molecule has 124 valence electrons. The Bertz CT molecular complexity index is 685. The fraction of sp³-hybridized carbons (Fsp3) is 0.529. The Labute approximate surface area is 141 Å². The SMILES string of the molecule is CCOc1ccc(-c2nn(CN3CCC(C)CC3)c(=S)o2)cc1. The Balaban J connectivity index is 1.71. The van der Waals surface area contributed by atoms with E-state index < -0.39 is 0 Å². The summed E-state index contributed by atoms with van der Waals surface area (Å²) >= 11 is 5.31. The molecule has 0 N–H and O–H groups in total. The summed E-state index contributed by atoms with van der Waals surface area (Å²) in [5, 5.41) is 4.53. The largest absolute Gasteiger partial charge is 0.494 e. The van der Waals surface area contributed by atoms with Crippen LogP contribution in [0.1, 0.15) is 26.7 Å². The highest BCUT2D eigenvalue weighted by Crippen LogP contribution is 2.22. The molecule has 0 radical (unpaired) electrons. The van der Waals surface area contributed by atoms with E-state index in [9.17, 15) is 0 Å². The molecule has 1 fully saturated rings. The fourth-order valence-corrected chi connectivity index (χ4v) is 2.94. The van der Waals surface area contributed by atoms with Crippen LogP contribution in [-0.2, 0) is 6.67 Å². The number of rotatable bonds is 5. The smallest absolute Gasteiger partial charge is 0.288 e. The van der Waals surface area contributed by atoms with Gasteiger partial charge in [0.05, 0.1) is 13.3 Å². The van der Waals surface area contributed by atoms with Crippen molar-refractivity contribution in [2.45, 2.75) is 33.4 Å². The summed E-state index contributed by atoms with van der Waals surface area (Å²) in [6, 6.07) is 7.72. The van der Waals surface area contributed by atoms with Gasteiger partial charge in [-0.1, -0.05) is 6.92 Å². The molecule has 2 aromatic rings. The third-order valence-electron chi connectivity index (χ3n) is 4.23. The first-order valence-corrected chi connectivity index (χ1v) is 8.60. The summed E-state index contributed by atoms with van der Waals surface area (Å²) in [5.74, 6) is 2.22. The number of aromatic nitrogens is 2. The zero-order chi connectivity index (χ0) is 16.2. The van der Waals surface area contributed by atoms with Gasteiger partial charge in [0.15, 0.2) is 0 Å². The molecular formula is C17H23N3O2S. The number of likely N-dealkylation sites (tertiary alicyclic amines) is 1. The molecule has 1 aliphatic rings. The van der Waals surface area contributed by atoms with Crippen LogP contribution in [0.2, 0.25) is 0 Å². The van der Waals surface area contributed by atoms with E-state index in [0.717, 1.165) is 30.3 Å². The van der Waals surface area contributed by atoms with Crippen molar-refractivity contribution in [3.63, 3.8) is 0 Å². The molecule has 1 aliphatic heterocycles. The molecule has 0 amide bonds. The lowest BCUT2D eigenvalue weighted by Gasteiger charge is -2.29. The number of ether oxygens (including phenoxy) is 1. The summed E-state index contributed by atoms with van der Waals surface area (Å²) in [6.45, 7) is 7.82. The van der Waals surface area contributed by atoms with E-state index in [1.807, 2.05) is 31.2 Å². The maximum Gasteiger partial charge on any atom is 0.288 e. The first-order chi connectivity index (χ1) is 11.2. The van der Waals surface area contributed by atoms with Crippen molar-refractivity contribution in [3.05, 3.63) is 29.1 Å². The summed E-state index contributed by atoms with van der Waals surface area (Å²) in [7, 11) is 0. The van der Waals surface area contributed by atoms with E-state index >= 15 is 0 Å². The Morgan fingerprint density at radius 2 is 1.96 bits per heavy atom. The second-order valence-electron chi connectivity index (χ2n) is 6.07. The second-order valence-corrected chi connectivity index (χ2v) is 6.42. The van der Waals surface area contributed by atoms with Crippen molar-refractivity contribution in [3.8, 4) is 17.2 Å². The molecule has 3 rings (SSSR count). The molecule has 5 nitrogen and oxygen atoms in total. The Kier molecular flexibility index (Phi) is 5.13. The standard InChI is InChI=1S/C17H23N3O2S/c1-3-21-15-6-4-14(5-7-15)16-18-20(17(23)22-16)12-19-10-8-13(2)9-11-19/h4-7,13H,3,8-12H2,1-2H3. The zero-order valence-electron chi connectivity index (χ0n) is 13.7. The number of hydrogen-bond donors (Lipinski definition) is 0. The Morgan fingerprint density at radius 1 is 1.26 bits per heavy atom. The van der Waals surface area contributed by atoms with Gasteiger partial charge in [-0.05, 0) is 62.2 Å². The molecule has 0 saturated carbocycles. The van der Waals surface area contributed by atoms with Crippen molar-refractivity contribution < 1.29 is 9.15 Å². The van der Waals surface area contributed by atoms with E-state index in [1.54, 1.807) is 4.68 Å². The number of benzene rings is 1. The first-order valence-electron chi connectivity index (χ1n) is 8.19.